The first-order valence-corrected chi connectivity index (χ1v) is 20.9. The molecule has 3 aromatic heterocycles. The fourth-order valence-electron chi connectivity index (χ4n) is 9.98. The summed E-state index contributed by atoms with van der Waals surface area (Å²) >= 11 is 1.88. The third kappa shape index (κ3) is 4.54. The van der Waals surface area contributed by atoms with E-state index < -0.39 is 0 Å². The molecule has 0 atom stereocenters. The molecule has 0 spiro atoms. The Morgan fingerprint density at radius 1 is 0.397 bits per heavy atom. The van der Waals surface area contributed by atoms with Gasteiger partial charge in [-0.1, -0.05) is 152 Å². The zero-order valence-corrected chi connectivity index (χ0v) is 32.3. The van der Waals surface area contributed by atoms with Gasteiger partial charge in [0.2, 0.25) is 0 Å². The molecular formula is C55H34N2S. The quantitative estimate of drug-likeness (QED) is 0.170. The summed E-state index contributed by atoms with van der Waals surface area (Å²) in [5.41, 5.74) is 17.8. The maximum atomic E-state index is 2.51. The van der Waals surface area contributed by atoms with Crippen molar-refractivity contribution in [2.75, 3.05) is 4.90 Å². The van der Waals surface area contributed by atoms with Gasteiger partial charge in [-0.05, 0) is 87.8 Å². The zero-order valence-electron chi connectivity index (χ0n) is 31.5. The van der Waals surface area contributed by atoms with Crippen molar-refractivity contribution in [3.05, 3.63) is 205 Å². The monoisotopic (exact) mass is 754 g/mol. The fraction of sp³-hybridized carbons (Fsp3) is 0.0182. The second kappa shape index (κ2) is 12.1. The maximum Gasteiger partial charge on any atom is 0.0640 e. The number of benzene rings is 9. The highest BCUT2D eigenvalue weighted by Gasteiger charge is 2.25. The van der Waals surface area contributed by atoms with Gasteiger partial charge in [0, 0.05) is 54.0 Å². The highest BCUT2D eigenvalue weighted by molar-refractivity contribution is 7.26. The number of thiophene rings is 1. The molecule has 0 aliphatic heterocycles. The number of anilines is 3. The molecule has 0 N–H and O–H groups in total. The Morgan fingerprint density at radius 2 is 1.00 bits per heavy atom. The molecule has 58 heavy (non-hydrogen) atoms. The van der Waals surface area contributed by atoms with Crippen LogP contribution in [0.25, 0.3) is 91.6 Å². The van der Waals surface area contributed by atoms with E-state index in [4.69, 9.17) is 0 Å². The molecule has 0 saturated heterocycles. The van der Waals surface area contributed by atoms with Gasteiger partial charge in [0.1, 0.15) is 0 Å². The standard InChI is InChI=1S/C55H34N2S/c1-2-11-34(12-3-1)35-23-26-39(27-24-35)56(51-21-10-19-49-45-14-5-7-22-52(45)58-55(49)51)40-28-30-42-38(33-40)32-37-31-36(25-29-41(37)42)43-15-8-17-47-48-18-9-16-46-44-13-4-6-20-50(44)57(53(43)47)54(46)48/h1-31,33H,32H2. The van der Waals surface area contributed by atoms with Gasteiger partial charge in [0.05, 0.1) is 26.9 Å². The minimum atomic E-state index is 0.895. The number of hydrogen-bond donors (Lipinski definition) is 0. The Hall–Kier alpha value is -7.20. The van der Waals surface area contributed by atoms with E-state index in [2.05, 4.69) is 203 Å². The lowest BCUT2D eigenvalue weighted by Crippen LogP contribution is -2.10. The van der Waals surface area contributed by atoms with Crippen molar-refractivity contribution < 1.29 is 0 Å². The van der Waals surface area contributed by atoms with Gasteiger partial charge in [-0.15, -0.1) is 11.3 Å². The van der Waals surface area contributed by atoms with Crippen LogP contribution in [0.1, 0.15) is 11.1 Å². The van der Waals surface area contributed by atoms with Gasteiger partial charge in [-0.2, -0.15) is 0 Å². The van der Waals surface area contributed by atoms with Gasteiger partial charge in [-0.3, -0.25) is 0 Å². The molecule has 9 aromatic carbocycles. The lowest BCUT2D eigenvalue weighted by Gasteiger charge is -2.27. The Balaban J connectivity index is 0.939. The number of fused-ring (bicyclic) bond motifs is 12. The molecule has 270 valence electrons. The van der Waals surface area contributed by atoms with Crippen LogP contribution in [-0.2, 0) is 6.42 Å². The van der Waals surface area contributed by atoms with Crippen molar-refractivity contribution in [1.82, 2.24) is 4.40 Å². The highest BCUT2D eigenvalue weighted by atomic mass is 32.1. The maximum absolute atomic E-state index is 2.51. The lowest BCUT2D eigenvalue weighted by atomic mass is 9.97. The third-order valence-corrected chi connectivity index (χ3v) is 13.7. The van der Waals surface area contributed by atoms with Gasteiger partial charge in [0.15, 0.2) is 0 Å². The smallest absolute Gasteiger partial charge is 0.0640 e. The largest absolute Gasteiger partial charge is 0.309 e. The van der Waals surface area contributed by atoms with Crippen LogP contribution >= 0.6 is 11.3 Å². The minimum Gasteiger partial charge on any atom is -0.309 e. The number of aromatic nitrogens is 1. The molecule has 0 unspecified atom stereocenters. The number of para-hydroxylation sites is 3. The summed E-state index contributed by atoms with van der Waals surface area (Å²) in [4.78, 5) is 2.47. The lowest BCUT2D eigenvalue weighted by molar-refractivity contribution is 1.24. The number of rotatable bonds is 5. The second-order valence-electron chi connectivity index (χ2n) is 15.6. The molecule has 3 heteroatoms. The molecule has 1 aliphatic rings. The van der Waals surface area contributed by atoms with Crippen molar-refractivity contribution in [1.29, 1.82) is 0 Å². The fourth-order valence-corrected chi connectivity index (χ4v) is 11.2. The van der Waals surface area contributed by atoms with Crippen LogP contribution in [0.2, 0.25) is 0 Å². The molecule has 0 bridgehead atoms. The van der Waals surface area contributed by atoms with Crippen molar-refractivity contribution in [2.45, 2.75) is 6.42 Å². The van der Waals surface area contributed by atoms with Crippen LogP contribution in [-0.4, -0.2) is 4.40 Å². The molecule has 13 rings (SSSR count). The first-order valence-electron chi connectivity index (χ1n) is 20.1. The van der Waals surface area contributed by atoms with Crippen LogP contribution < -0.4 is 4.90 Å². The van der Waals surface area contributed by atoms with Crippen molar-refractivity contribution >= 4 is 86.7 Å². The van der Waals surface area contributed by atoms with Crippen LogP contribution in [0.5, 0.6) is 0 Å². The van der Waals surface area contributed by atoms with E-state index in [9.17, 15) is 0 Å². The van der Waals surface area contributed by atoms with Gasteiger partial charge in [-0.25, -0.2) is 0 Å². The molecule has 3 heterocycles. The predicted molar refractivity (Wildman–Crippen MR) is 248 cm³/mol. The van der Waals surface area contributed by atoms with Crippen LogP contribution in [0.4, 0.5) is 17.1 Å². The van der Waals surface area contributed by atoms with E-state index in [0.717, 1.165) is 12.1 Å². The molecule has 0 saturated carbocycles. The van der Waals surface area contributed by atoms with Gasteiger partial charge >= 0.3 is 0 Å². The van der Waals surface area contributed by atoms with Crippen LogP contribution in [0.3, 0.4) is 0 Å². The summed E-state index contributed by atoms with van der Waals surface area (Å²) in [5, 5.41) is 7.87. The Bertz CT molecular complexity index is 3590. The summed E-state index contributed by atoms with van der Waals surface area (Å²) in [6.45, 7) is 0. The Kier molecular flexibility index (Phi) is 6.69. The SMILES string of the molecule is c1ccc(-c2ccc(N(c3ccc4c(c3)Cc3cc(-c5cccc6c7cccc8c9ccccc9n(c56)c87)ccc3-4)c3cccc4c3sc3ccccc34)cc2)cc1. The number of nitrogens with zero attached hydrogens (tertiary/aromatic N) is 2. The van der Waals surface area contributed by atoms with Gasteiger partial charge in [0.25, 0.3) is 0 Å². The molecule has 12 aromatic rings. The minimum absolute atomic E-state index is 0.895. The zero-order chi connectivity index (χ0) is 37.9. The van der Waals surface area contributed by atoms with E-state index >= 15 is 0 Å². The van der Waals surface area contributed by atoms with E-state index in [1.807, 2.05) is 11.3 Å². The predicted octanol–water partition coefficient (Wildman–Crippen LogP) is 15.6. The molecule has 1 aliphatic carbocycles. The molecule has 0 fully saturated rings. The summed E-state index contributed by atoms with van der Waals surface area (Å²) in [7, 11) is 0. The van der Waals surface area contributed by atoms with Crippen LogP contribution in [0, 0.1) is 0 Å². The Morgan fingerprint density at radius 3 is 1.86 bits per heavy atom. The van der Waals surface area contributed by atoms with Crippen LogP contribution in [0.15, 0.2) is 194 Å². The first kappa shape index (κ1) is 31.9. The topological polar surface area (TPSA) is 7.65 Å². The second-order valence-corrected chi connectivity index (χ2v) is 16.7. The third-order valence-electron chi connectivity index (χ3n) is 12.5. The molecule has 2 nitrogen and oxygen atoms in total. The first-order chi connectivity index (χ1) is 28.8. The van der Waals surface area contributed by atoms with Crippen molar-refractivity contribution in [3.8, 4) is 33.4 Å². The highest BCUT2D eigenvalue weighted by Crippen LogP contribution is 2.48. The van der Waals surface area contributed by atoms with E-state index in [0.29, 0.717) is 0 Å². The summed E-state index contributed by atoms with van der Waals surface area (Å²) in [6, 6.07) is 72.0. The van der Waals surface area contributed by atoms with E-state index in [-0.39, 0.29) is 0 Å². The van der Waals surface area contributed by atoms with E-state index in [1.165, 1.54) is 114 Å². The van der Waals surface area contributed by atoms with Crippen molar-refractivity contribution in [3.63, 3.8) is 0 Å². The molecule has 0 radical (unpaired) electrons. The molecule has 0 amide bonds. The normalized spacial score (nSPS) is 12.4. The number of hydrogen-bond acceptors (Lipinski definition) is 2. The summed E-state index contributed by atoms with van der Waals surface area (Å²) in [5.74, 6) is 0. The average Bonchev–Trinajstić information content (AvgIpc) is 4.04. The summed E-state index contributed by atoms with van der Waals surface area (Å²) in [6.07, 6.45) is 0.895. The van der Waals surface area contributed by atoms with Crippen molar-refractivity contribution in [2.24, 2.45) is 0 Å². The van der Waals surface area contributed by atoms with Gasteiger partial charge < -0.3 is 9.30 Å². The Labute approximate surface area is 339 Å². The average molecular weight is 755 g/mol. The molecular weight excluding hydrogens is 721 g/mol. The summed E-state index contributed by atoms with van der Waals surface area (Å²) < 4.78 is 5.12. The van der Waals surface area contributed by atoms with E-state index in [1.54, 1.807) is 0 Å².